The van der Waals surface area contributed by atoms with Gasteiger partial charge in [0.1, 0.15) is 11.8 Å². The summed E-state index contributed by atoms with van der Waals surface area (Å²) in [7, 11) is 0. The molecule has 3 rings (SSSR count). The fourth-order valence-corrected chi connectivity index (χ4v) is 2.39. The Kier molecular flexibility index (Phi) is 5.04. The van der Waals surface area contributed by atoms with Crippen molar-refractivity contribution in [2.24, 2.45) is 0 Å². The van der Waals surface area contributed by atoms with E-state index in [0.717, 1.165) is 5.69 Å². The molecule has 130 valence electrons. The van der Waals surface area contributed by atoms with E-state index >= 15 is 0 Å². The maximum atomic E-state index is 12.3. The Morgan fingerprint density at radius 3 is 2.96 bits per heavy atom. The number of aryl methyl sites for hydroxylation is 1. The molecule has 0 spiro atoms. The second-order valence-corrected chi connectivity index (χ2v) is 6.04. The Morgan fingerprint density at radius 1 is 1.40 bits per heavy atom. The Morgan fingerprint density at radius 2 is 2.24 bits per heavy atom. The Hall–Kier alpha value is -2.80. The zero-order valence-electron chi connectivity index (χ0n) is 13.9. The van der Waals surface area contributed by atoms with Gasteiger partial charge in [0.05, 0.1) is 23.8 Å². The van der Waals surface area contributed by atoms with Crippen molar-refractivity contribution >= 4 is 23.2 Å². The third-order valence-corrected chi connectivity index (χ3v) is 3.81. The van der Waals surface area contributed by atoms with E-state index in [0.29, 0.717) is 16.5 Å². The molecule has 0 radical (unpaired) electrons. The van der Waals surface area contributed by atoms with E-state index in [1.54, 1.807) is 47.0 Å². The molecule has 0 bridgehead atoms. The van der Waals surface area contributed by atoms with Crippen LogP contribution in [0.5, 0.6) is 5.75 Å². The maximum absolute atomic E-state index is 12.3. The number of hydrogen-bond donors (Lipinski definition) is 1. The first kappa shape index (κ1) is 17.0. The Bertz CT molecular complexity index is 873. The maximum Gasteiger partial charge on any atom is 0.249 e. The number of benzene rings is 1. The lowest BCUT2D eigenvalue weighted by Crippen LogP contribution is -2.23. The average molecular weight is 360 g/mol. The van der Waals surface area contributed by atoms with Gasteiger partial charge >= 0.3 is 0 Å². The third-order valence-electron chi connectivity index (χ3n) is 3.58. The average Bonchev–Trinajstić information content (AvgIpc) is 3.21. The quantitative estimate of drug-likeness (QED) is 0.733. The van der Waals surface area contributed by atoms with E-state index < -0.39 is 6.04 Å². The summed E-state index contributed by atoms with van der Waals surface area (Å²) in [5.74, 6) is 0.481. The molecule has 1 aromatic carbocycles. The molecule has 0 saturated carbocycles. The number of carbonyl (C=O) groups is 1. The largest absolute Gasteiger partial charge is 0.471 e. The van der Waals surface area contributed by atoms with Gasteiger partial charge in [0.25, 0.3) is 0 Å². The first-order valence-corrected chi connectivity index (χ1v) is 8.12. The number of nitrogens with zero attached hydrogens (tertiary/aromatic N) is 4. The van der Waals surface area contributed by atoms with E-state index in [1.807, 2.05) is 25.1 Å². The number of nitrogens with one attached hydrogen (secondary N) is 1. The summed E-state index contributed by atoms with van der Waals surface area (Å²) < 4.78 is 8.80. The van der Waals surface area contributed by atoms with Crippen molar-refractivity contribution in [2.45, 2.75) is 26.6 Å². The van der Waals surface area contributed by atoms with E-state index in [4.69, 9.17) is 16.3 Å². The van der Waals surface area contributed by atoms with Crippen LogP contribution in [-0.2, 0) is 11.5 Å². The lowest BCUT2D eigenvalue weighted by molar-refractivity contribution is -0.119. The predicted molar refractivity (Wildman–Crippen MR) is 94.6 cm³/mol. The SMILES string of the molecule is Cc1ccn(C(C)C(=O)Nc2cnn(COc3cccc(Cl)c3)c2)n1. The van der Waals surface area contributed by atoms with E-state index in [1.165, 1.54) is 0 Å². The number of anilines is 1. The second-order valence-electron chi connectivity index (χ2n) is 5.60. The lowest BCUT2D eigenvalue weighted by atomic mass is 10.3. The summed E-state index contributed by atoms with van der Waals surface area (Å²) in [6.45, 7) is 3.88. The van der Waals surface area contributed by atoms with Crippen LogP contribution in [0, 0.1) is 6.92 Å². The van der Waals surface area contributed by atoms with Crippen molar-refractivity contribution in [3.63, 3.8) is 0 Å². The van der Waals surface area contributed by atoms with Crippen molar-refractivity contribution in [1.82, 2.24) is 19.6 Å². The number of ether oxygens (including phenoxy) is 1. The molecule has 0 aliphatic carbocycles. The number of amides is 1. The number of rotatable bonds is 6. The summed E-state index contributed by atoms with van der Waals surface area (Å²) in [6, 6.07) is 8.56. The van der Waals surface area contributed by atoms with E-state index in [-0.39, 0.29) is 12.6 Å². The normalized spacial score (nSPS) is 12.0. The minimum Gasteiger partial charge on any atom is -0.471 e. The molecule has 0 fully saturated rings. The van der Waals surface area contributed by atoms with E-state index in [9.17, 15) is 4.79 Å². The molecule has 7 nitrogen and oxygen atoms in total. The van der Waals surface area contributed by atoms with Crippen LogP contribution < -0.4 is 10.1 Å². The van der Waals surface area contributed by atoms with Gasteiger partial charge in [-0.2, -0.15) is 10.2 Å². The minimum atomic E-state index is -0.417. The van der Waals surface area contributed by atoms with Gasteiger partial charge in [0.15, 0.2) is 6.73 Å². The Balaban J connectivity index is 1.57. The van der Waals surface area contributed by atoms with Crippen LogP contribution in [0.25, 0.3) is 0 Å². The van der Waals surface area contributed by atoms with Crippen LogP contribution in [0.4, 0.5) is 5.69 Å². The van der Waals surface area contributed by atoms with Gasteiger partial charge < -0.3 is 10.1 Å². The number of halogens is 1. The van der Waals surface area contributed by atoms with Crippen LogP contribution >= 0.6 is 11.6 Å². The van der Waals surface area contributed by atoms with Gasteiger partial charge in [-0.3, -0.25) is 9.48 Å². The summed E-state index contributed by atoms with van der Waals surface area (Å²) >= 11 is 5.91. The molecule has 8 heteroatoms. The summed E-state index contributed by atoms with van der Waals surface area (Å²) in [5, 5.41) is 11.8. The molecule has 3 aromatic rings. The second kappa shape index (κ2) is 7.40. The van der Waals surface area contributed by atoms with Crippen LogP contribution in [0.3, 0.4) is 0 Å². The molecule has 1 N–H and O–H groups in total. The first-order chi connectivity index (χ1) is 12.0. The fraction of sp³-hybridized carbons (Fsp3) is 0.235. The molecule has 1 unspecified atom stereocenters. The van der Waals surface area contributed by atoms with Crippen LogP contribution in [0.2, 0.25) is 5.02 Å². The minimum absolute atomic E-state index is 0.168. The van der Waals surface area contributed by atoms with Crippen molar-refractivity contribution in [2.75, 3.05) is 5.32 Å². The van der Waals surface area contributed by atoms with Gasteiger partial charge in [-0.05, 0) is 38.1 Å². The molecule has 25 heavy (non-hydrogen) atoms. The summed E-state index contributed by atoms with van der Waals surface area (Å²) in [5.41, 5.74) is 1.46. The molecule has 0 aliphatic rings. The van der Waals surface area contributed by atoms with Gasteiger partial charge in [0.2, 0.25) is 5.91 Å². The molecule has 2 heterocycles. The molecule has 1 atom stereocenters. The van der Waals surface area contributed by atoms with Gasteiger partial charge in [0, 0.05) is 11.2 Å². The van der Waals surface area contributed by atoms with Crippen molar-refractivity contribution in [3.8, 4) is 5.75 Å². The van der Waals surface area contributed by atoms with Gasteiger partial charge in [-0.1, -0.05) is 17.7 Å². The van der Waals surface area contributed by atoms with Crippen LogP contribution in [0.15, 0.2) is 48.9 Å². The fourth-order valence-electron chi connectivity index (χ4n) is 2.21. The zero-order chi connectivity index (χ0) is 17.8. The summed E-state index contributed by atoms with van der Waals surface area (Å²) in [4.78, 5) is 12.3. The molecule has 0 saturated heterocycles. The Labute approximate surface area is 150 Å². The van der Waals surface area contributed by atoms with Gasteiger partial charge in [-0.15, -0.1) is 0 Å². The standard InChI is InChI=1S/C17H18ClN5O2/c1-12-6-7-23(21-12)13(2)17(24)20-15-9-19-22(10-15)11-25-16-5-3-4-14(18)8-16/h3-10,13H,11H2,1-2H3,(H,20,24). The molecule has 2 aromatic heterocycles. The van der Waals surface area contributed by atoms with Crippen molar-refractivity contribution in [3.05, 3.63) is 59.6 Å². The topological polar surface area (TPSA) is 74.0 Å². The lowest BCUT2D eigenvalue weighted by Gasteiger charge is -2.11. The number of carbonyl (C=O) groups excluding carboxylic acids is 1. The highest BCUT2D eigenvalue weighted by Crippen LogP contribution is 2.18. The zero-order valence-corrected chi connectivity index (χ0v) is 14.6. The number of hydrogen-bond acceptors (Lipinski definition) is 4. The molecular weight excluding hydrogens is 342 g/mol. The molecule has 1 amide bonds. The van der Waals surface area contributed by atoms with Crippen LogP contribution in [-0.4, -0.2) is 25.5 Å². The molecular formula is C17H18ClN5O2. The van der Waals surface area contributed by atoms with Gasteiger partial charge in [-0.25, -0.2) is 4.68 Å². The predicted octanol–water partition coefficient (Wildman–Crippen LogP) is 3.28. The highest BCUT2D eigenvalue weighted by atomic mass is 35.5. The van der Waals surface area contributed by atoms with Crippen molar-refractivity contribution in [1.29, 1.82) is 0 Å². The summed E-state index contributed by atoms with van der Waals surface area (Å²) in [6.07, 6.45) is 5.05. The highest BCUT2D eigenvalue weighted by Gasteiger charge is 2.16. The van der Waals surface area contributed by atoms with Crippen molar-refractivity contribution < 1.29 is 9.53 Å². The smallest absolute Gasteiger partial charge is 0.249 e. The third kappa shape index (κ3) is 4.39. The molecule has 0 aliphatic heterocycles. The van der Waals surface area contributed by atoms with Crippen LogP contribution in [0.1, 0.15) is 18.7 Å². The number of aromatic nitrogens is 4. The monoisotopic (exact) mass is 359 g/mol. The van der Waals surface area contributed by atoms with E-state index in [2.05, 4.69) is 15.5 Å². The first-order valence-electron chi connectivity index (χ1n) is 7.75. The highest BCUT2D eigenvalue weighted by molar-refractivity contribution is 6.30.